The molecule has 0 unspecified atom stereocenters. The normalized spacial score (nSPS) is 9.96. The predicted octanol–water partition coefficient (Wildman–Crippen LogP) is 4.39. The molecule has 0 saturated carbocycles. The molecule has 2 aromatic carbocycles. The number of carbonyl (C=O) groups is 1. The lowest BCUT2D eigenvalue weighted by Gasteiger charge is -2.12. The van der Waals surface area contributed by atoms with Crippen molar-refractivity contribution in [2.45, 2.75) is 19.4 Å². The highest BCUT2D eigenvalue weighted by Crippen LogP contribution is 2.30. The maximum atomic E-state index is 12.0. The van der Waals surface area contributed by atoms with Gasteiger partial charge in [0.15, 0.2) is 11.5 Å². The van der Waals surface area contributed by atoms with Crippen LogP contribution in [0.3, 0.4) is 0 Å². The minimum absolute atomic E-state index is 0.208. The number of benzene rings is 2. The molecule has 0 saturated heterocycles. The molecule has 2 aromatic rings. The molecule has 0 aliphatic carbocycles. The summed E-state index contributed by atoms with van der Waals surface area (Å²) in [5.41, 5.74) is 1.21. The summed E-state index contributed by atoms with van der Waals surface area (Å²) in [5, 5.41) is 9.09. The van der Waals surface area contributed by atoms with E-state index in [4.69, 9.17) is 31.1 Å². The second-order valence-corrected chi connectivity index (χ2v) is 5.55. The van der Waals surface area contributed by atoms with Crippen molar-refractivity contribution in [1.82, 2.24) is 0 Å². The first-order chi connectivity index (χ1) is 12.2. The van der Waals surface area contributed by atoms with Crippen molar-refractivity contribution in [1.29, 1.82) is 5.26 Å². The average Bonchev–Trinajstić information content (AvgIpc) is 2.64. The lowest BCUT2D eigenvalue weighted by molar-refractivity contribution is 0.0501. The van der Waals surface area contributed by atoms with E-state index >= 15 is 0 Å². The van der Waals surface area contributed by atoms with Crippen molar-refractivity contribution >= 4 is 17.6 Å². The predicted molar refractivity (Wildman–Crippen MR) is 93.9 cm³/mol. The number of esters is 1. The number of hydrogen-bond acceptors (Lipinski definition) is 5. The molecule has 0 aromatic heterocycles. The summed E-state index contributed by atoms with van der Waals surface area (Å²) in [7, 11) is 1.50. The van der Waals surface area contributed by atoms with Gasteiger partial charge in [-0.3, -0.25) is 0 Å². The number of rotatable bonds is 8. The van der Waals surface area contributed by atoms with Gasteiger partial charge >= 0.3 is 5.97 Å². The van der Waals surface area contributed by atoms with E-state index in [2.05, 4.69) is 0 Å². The van der Waals surface area contributed by atoms with Crippen LogP contribution in [0.4, 0.5) is 0 Å². The van der Waals surface area contributed by atoms with E-state index in [1.165, 1.54) is 7.11 Å². The molecular formula is C19H18ClNO4. The van der Waals surface area contributed by atoms with Gasteiger partial charge < -0.3 is 14.2 Å². The first-order valence-corrected chi connectivity index (χ1v) is 8.12. The smallest absolute Gasteiger partial charge is 0.338 e. The molecule has 0 bridgehead atoms. The molecular weight excluding hydrogens is 342 g/mol. The van der Waals surface area contributed by atoms with E-state index in [1.807, 2.05) is 24.3 Å². The van der Waals surface area contributed by atoms with Gasteiger partial charge in [0, 0.05) is 17.0 Å². The topological polar surface area (TPSA) is 68.5 Å². The molecule has 5 nitrogen and oxygen atoms in total. The largest absolute Gasteiger partial charge is 0.493 e. The second-order valence-electron chi connectivity index (χ2n) is 5.14. The quantitative estimate of drug-likeness (QED) is 0.516. The van der Waals surface area contributed by atoms with Crippen LogP contribution in [0.1, 0.15) is 28.8 Å². The highest BCUT2D eigenvalue weighted by Gasteiger charge is 2.13. The third kappa shape index (κ3) is 5.40. The Morgan fingerprint density at radius 1 is 1.20 bits per heavy atom. The van der Waals surface area contributed by atoms with E-state index in [-0.39, 0.29) is 13.2 Å². The first-order valence-electron chi connectivity index (χ1n) is 7.74. The molecule has 0 heterocycles. The van der Waals surface area contributed by atoms with Gasteiger partial charge in [0.05, 0.1) is 25.3 Å². The zero-order valence-corrected chi connectivity index (χ0v) is 14.6. The van der Waals surface area contributed by atoms with Gasteiger partial charge in [0.2, 0.25) is 0 Å². The molecule has 0 N–H and O–H groups in total. The maximum Gasteiger partial charge on any atom is 0.338 e. The third-order valence-electron chi connectivity index (χ3n) is 3.41. The van der Waals surface area contributed by atoms with Gasteiger partial charge in [0.25, 0.3) is 0 Å². The van der Waals surface area contributed by atoms with Crippen LogP contribution in [-0.4, -0.2) is 19.7 Å². The monoisotopic (exact) mass is 359 g/mol. The van der Waals surface area contributed by atoms with Crippen molar-refractivity contribution in [3.05, 3.63) is 58.6 Å². The molecule has 25 heavy (non-hydrogen) atoms. The molecule has 6 heteroatoms. The molecule has 0 amide bonds. The Morgan fingerprint density at radius 2 is 2.00 bits per heavy atom. The Hall–Kier alpha value is -2.71. The van der Waals surface area contributed by atoms with Gasteiger partial charge in [-0.2, -0.15) is 5.26 Å². The van der Waals surface area contributed by atoms with Crippen LogP contribution in [0.15, 0.2) is 42.5 Å². The van der Waals surface area contributed by atoms with E-state index in [0.29, 0.717) is 34.9 Å². The maximum absolute atomic E-state index is 12.0. The van der Waals surface area contributed by atoms with Crippen molar-refractivity contribution < 1.29 is 19.0 Å². The number of ether oxygens (including phenoxy) is 3. The zero-order chi connectivity index (χ0) is 18.1. The fourth-order valence-corrected chi connectivity index (χ4v) is 2.27. The second kappa shape index (κ2) is 9.55. The van der Waals surface area contributed by atoms with Gasteiger partial charge in [-0.25, -0.2) is 4.79 Å². The number of carbonyl (C=O) groups excluding carboxylic acids is 1. The highest BCUT2D eigenvalue weighted by atomic mass is 35.5. The van der Waals surface area contributed by atoms with Crippen molar-refractivity contribution in [2.24, 2.45) is 0 Å². The summed E-state index contributed by atoms with van der Waals surface area (Å²) in [4.78, 5) is 12.0. The van der Waals surface area contributed by atoms with Crippen molar-refractivity contribution in [3.63, 3.8) is 0 Å². The van der Waals surface area contributed by atoms with E-state index in [9.17, 15) is 4.79 Å². The van der Waals surface area contributed by atoms with Crippen molar-refractivity contribution in [3.8, 4) is 17.6 Å². The van der Waals surface area contributed by atoms with E-state index in [0.717, 1.165) is 5.56 Å². The number of methoxy groups -OCH3 is 1. The summed E-state index contributed by atoms with van der Waals surface area (Å²) >= 11 is 6.11. The number of unbranched alkanes of at least 4 members (excludes halogenated alkanes) is 1. The van der Waals surface area contributed by atoms with Gasteiger partial charge in [-0.05, 0) is 30.7 Å². The number of halogens is 1. The first kappa shape index (κ1) is 18.6. The highest BCUT2D eigenvalue weighted by molar-refractivity contribution is 6.31. The van der Waals surface area contributed by atoms with E-state index in [1.54, 1.807) is 24.3 Å². The summed E-state index contributed by atoms with van der Waals surface area (Å²) in [6.07, 6.45) is 0.865. The Bertz CT molecular complexity index is 770. The Balaban J connectivity index is 2.02. The summed E-state index contributed by atoms with van der Waals surface area (Å²) in [5.74, 6) is 0.468. The lowest BCUT2D eigenvalue weighted by Crippen LogP contribution is -2.07. The van der Waals surface area contributed by atoms with Crippen LogP contribution < -0.4 is 9.47 Å². The van der Waals surface area contributed by atoms with Crippen LogP contribution in [0.25, 0.3) is 0 Å². The Labute approximate surface area is 151 Å². The van der Waals surface area contributed by atoms with Crippen LogP contribution in [0.2, 0.25) is 5.02 Å². The third-order valence-corrected chi connectivity index (χ3v) is 3.78. The zero-order valence-electron chi connectivity index (χ0n) is 13.8. The van der Waals surface area contributed by atoms with Gasteiger partial charge in [-0.15, -0.1) is 0 Å². The van der Waals surface area contributed by atoms with Gasteiger partial charge in [0.1, 0.15) is 6.61 Å². The molecule has 130 valence electrons. The molecule has 0 spiro atoms. The van der Waals surface area contributed by atoms with Crippen molar-refractivity contribution in [2.75, 3.05) is 13.7 Å². The molecule has 0 radical (unpaired) electrons. The molecule has 0 aliphatic heterocycles. The molecule has 2 rings (SSSR count). The standard InChI is InChI=1S/C19H18ClNO4/c1-23-18-12-14(19(22)24-11-5-4-10-21)8-9-17(18)25-13-15-6-2-3-7-16(15)20/h2-3,6-9,12H,4-5,11,13H2,1H3. The lowest BCUT2D eigenvalue weighted by atomic mass is 10.2. The summed E-state index contributed by atoms with van der Waals surface area (Å²) in [6.45, 7) is 0.494. The van der Waals surface area contributed by atoms with Crippen LogP contribution in [0.5, 0.6) is 11.5 Å². The summed E-state index contributed by atoms with van der Waals surface area (Å²) < 4.78 is 16.1. The van der Waals surface area contributed by atoms with Crippen LogP contribution in [-0.2, 0) is 11.3 Å². The van der Waals surface area contributed by atoms with Crippen LogP contribution >= 0.6 is 11.6 Å². The summed E-state index contributed by atoms with van der Waals surface area (Å²) in [6, 6.07) is 14.2. The fraction of sp³-hybridized carbons (Fsp3) is 0.263. The van der Waals surface area contributed by atoms with Crippen LogP contribution in [0, 0.1) is 11.3 Å². The Kier molecular flexibility index (Phi) is 7.12. The molecule has 0 aliphatic rings. The minimum atomic E-state index is -0.464. The molecule has 0 atom stereocenters. The number of nitriles is 1. The SMILES string of the molecule is COc1cc(C(=O)OCCCC#N)ccc1OCc1ccccc1Cl. The average molecular weight is 360 g/mol. The fourth-order valence-electron chi connectivity index (χ4n) is 2.08. The number of nitrogens with zero attached hydrogens (tertiary/aromatic N) is 1. The Morgan fingerprint density at radius 3 is 2.72 bits per heavy atom. The van der Waals surface area contributed by atoms with E-state index < -0.39 is 5.97 Å². The van der Waals surface area contributed by atoms with Gasteiger partial charge in [-0.1, -0.05) is 29.8 Å². The molecule has 0 fully saturated rings. The number of hydrogen-bond donors (Lipinski definition) is 0. The minimum Gasteiger partial charge on any atom is -0.493 e.